The molecule has 1 unspecified atom stereocenters. The van der Waals surface area contributed by atoms with Crippen LogP contribution in [-0.4, -0.2) is 36.7 Å². The van der Waals surface area contributed by atoms with Gasteiger partial charge in [0.1, 0.15) is 0 Å². The second-order valence-electron chi connectivity index (χ2n) is 6.12. The van der Waals surface area contributed by atoms with E-state index in [1.54, 1.807) is 10.7 Å². The summed E-state index contributed by atoms with van der Waals surface area (Å²) in [5.74, 6) is 0.590. The molecule has 26 heavy (non-hydrogen) atoms. The third-order valence-corrected chi connectivity index (χ3v) is 4.86. The predicted octanol–water partition coefficient (Wildman–Crippen LogP) is 2.67. The van der Waals surface area contributed by atoms with Crippen LogP contribution >= 0.6 is 11.8 Å². The van der Waals surface area contributed by atoms with Crippen molar-refractivity contribution in [2.75, 3.05) is 6.26 Å². The highest BCUT2D eigenvalue weighted by Gasteiger charge is 2.15. The number of thioether (sulfide) groups is 1. The summed E-state index contributed by atoms with van der Waals surface area (Å²) in [6.45, 7) is 5.87. The highest BCUT2D eigenvalue weighted by molar-refractivity contribution is 7.98. The lowest BCUT2D eigenvalue weighted by Crippen LogP contribution is -2.27. The van der Waals surface area contributed by atoms with E-state index in [2.05, 4.69) is 25.4 Å². The molecule has 0 spiro atoms. The number of carbonyl (C=O) groups is 1. The number of pyridine rings is 1. The number of nitrogens with zero attached hydrogens (tertiary/aromatic N) is 5. The van der Waals surface area contributed by atoms with Gasteiger partial charge in [0, 0.05) is 24.0 Å². The van der Waals surface area contributed by atoms with Gasteiger partial charge in [0.05, 0.1) is 11.7 Å². The first-order chi connectivity index (χ1) is 12.5. The molecule has 3 aromatic heterocycles. The van der Waals surface area contributed by atoms with E-state index in [-0.39, 0.29) is 11.9 Å². The Morgan fingerprint density at radius 3 is 2.81 bits per heavy atom. The Kier molecular flexibility index (Phi) is 5.51. The normalized spacial score (nSPS) is 12.3. The molecule has 3 rings (SSSR count). The Balaban J connectivity index is 1.70. The van der Waals surface area contributed by atoms with E-state index in [9.17, 15) is 4.79 Å². The Labute approximate surface area is 156 Å². The maximum atomic E-state index is 12.3. The molecule has 1 N–H and O–H groups in total. The molecule has 1 amide bonds. The van der Waals surface area contributed by atoms with Gasteiger partial charge in [-0.05, 0) is 51.1 Å². The number of amides is 1. The van der Waals surface area contributed by atoms with Crippen molar-refractivity contribution in [2.24, 2.45) is 0 Å². The molecule has 0 fully saturated rings. The fourth-order valence-electron chi connectivity index (χ4n) is 2.90. The van der Waals surface area contributed by atoms with Crippen molar-refractivity contribution in [2.45, 2.75) is 44.8 Å². The van der Waals surface area contributed by atoms with Crippen LogP contribution in [0.5, 0.6) is 0 Å². The highest BCUT2D eigenvalue weighted by atomic mass is 32.2. The average molecular weight is 370 g/mol. The van der Waals surface area contributed by atoms with Crippen molar-refractivity contribution in [3.63, 3.8) is 0 Å². The van der Waals surface area contributed by atoms with Gasteiger partial charge in [-0.1, -0.05) is 17.8 Å². The van der Waals surface area contributed by atoms with E-state index >= 15 is 0 Å². The van der Waals surface area contributed by atoms with Gasteiger partial charge in [-0.3, -0.25) is 9.78 Å². The molecule has 0 aliphatic heterocycles. The summed E-state index contributed by atoms with van der Waals surface area (Å²) < 4.78 is 1.75. The molecule has 0 aliphatic carbocycles. The molecule has 7 nitrogen and oxygen atoms in total. The van der Waals surface area contributed by atoms with Crippen molar-refractivity contribution in [1.29, 1.82) is 0 Å². The monoisotopic (exact) mass is 370 g/mol. The standard InChI is InChI=1S/C18H22N6OS/c1-11-14(13(3)24-17(21-11)22-18(23-24)26-4)8-9-16(25)20-12(2)15-7-5-6-10-19-15/h5-7,10,12H,8-9H2,1-4H3,(H,20,25). The van der Waals surface area contributed by atoms with Crippen LogP contribution in [0, 0.1) is 13.8 Å². The number of nitrogens with one attached hydrogen (secondary N) is 1. The van der Waals surface area contributed by atoms with Crippen LogP contribution in [-0.2, 0) is 11.2 Å². The average Bonchev–Trinajstić information content (AvgIpc) is 3.05. The zero-order valence-electron chi connectivity index (χ0n) is 15.4. The maximum Gasteiger partial charge on any atom is 0.253 e. The second-order valence-corrected chi connectivity index (χ2v) is 6.89. The number of hydrogen-bond acceptors (Lipinski definition) is 6. The third kappa shape index (κ3) is 3.85. The largest absolute Gasteiger partial charge is 0.348 e. The molecular formula is C18H22N6OS. The lowest BCUT2D eigenvalue weighted by atomic mass is 10.1. The van der Waals surface area contributed by atoms with E-state index < -0.39 is 0 Å². The lowest BCUT2D eigenvalue weighted by molar-refractivity contribution is -0.121. The van der Waals surface area contributed by atoms with Crippen molar-refractivity contribution in [3.8, 4) is 0 Å². The minimum Gasteiger partial charge on any atom is -0.348 e. The Morgan fingerprint density at radius 1 is 1.31 bits per heavy atom. The quantitative estimate of drug-likeness (QED) is 0.672. The van der Waals surface area contributed by atoms with Gasteiger partial charge in [-0.2, -0.15) is 4.98 Å². The van der Waals surface area contributed by atoms with Crippen molar-refractivity contribution >= 4 is 23.4 Å². The molecule has 0 bridgehead atoms. The van der Waals surface area contributed by atoms with Crippen LogP contribution in [0.3, 0.4) is 0 Å². The first kappa shape index (κ1) is 18.3. The minimum atomic E-state index is -0.119. The molecule has 0 aromatic carbocycles. The number of aromatic nitrogens is 5. The van der Waals surface area contributed by atoms with E-state index in [0.717, 1.165) is 22.6 Å². The maximum absolute atomic E-state index is 12.3. The van der Waals surface area contributed by atoms with Crippen LogP contribution < -0.4 is 5.32 Å². The molecule has 0 saturated heterocycles. The van der Waals surface area contributed by atoms with Crippen LogP contribution in [0.25, 0.3) is 5.78 Å². The first-order valence-corrected chi connectivity index (χ1v) is 9.69. The van der Waals surface area contributed by atoms with Gasteiger partial charge in [-0.15, -0.1) is 5.10 Å². The van der Waals surface area contributed by atoms with Gasteiger partial charge in [0.2, 0.25) is 11.1 Å². The van der Waals surface area contributed by atoms with Crippen molar-refractivity contribution < 1.29 is 4.79 Å². The summed E-state index contributed by atoms with van der Waals surface area (Å²) in [5, 5.41) is 8.13. The summed E-state index contributed by atoms with van der Waals surface area (Å²) in [5.41, 5.74) is 3.76. The lowest BCUT2D eigenvalue weighted by Gasteiger charge is -2.14. The molecule has 0 saturated carbocycles. The number of rotatable bonds is 6. The number of carbonyl (C=O) groups excluding carboxylic acids is 1. The molecule has 3 heterocycles. The van der Waals surface area contributed by atoms with E-state index in [1.165, 1.54) is 11.8 Å². The smallest absolute Gasteiger partial charge is 0.253 e. The van der Waals surface area contributed by atoms with E-state index in [1.807, 2.05) is 45.2 Å². The van der Waals surface area contributed by atoms with Crippen LogP contribution in [0.4, 0.5) is 0 Å². The van der Waals surface area contributed by atoms with E-state index in [0.29, 0.717) is 23.8 Å². The SMILES string of the molecule is CSc1nc2nc(C)c(CCC(=O)NC(C)c3ccccn3)c(C)n2n1. The fraction of sp³-hybridized carbons (Fsp3) is 0.389. The zero-order valence-corrected chi connectivity index (χ0v) is 16.2. The molecule has 0 aliphatic rings. The molecular weight excluding hydrogens is 348 g/mol. The van der Waals surface area contributed by atoms with Gasteiger partial charge in [-0.25, -0.2) is 9.50 Å². The van der Waals surface area contributed by atoms with Crippen LogP contribution in [0.2, 0.25) is 0 Å². The number of hydrogen-bond donors (Lipinski definition) is 1. The van der Waals surface area contributed by atoms with Crippen molar-refractivity contribution in [1.82, 2.24) is 29.9 Å². The zero-order chi connectivity index (χ0) is 18.7. The molecule has 3 aromatic rings. The Morgan fingerprint density at radius 2 is 2.12 bits per heavy atom. The predicted molar refractivity (Wildman–Crippen MR) is 101 cm³/mol. The number of fused-ring (bicyclic) bond motifs is 1. The van der Waals surface area contributed by atoms with Gasteiger partial charge >= 0.3 is 0 Å². The van der Waals surface area contributed by atoms with E-state index in [4.69, 9.17) is 0 Å². The Hall–Kier alpha value is -2.48. The molecule has 1 atom stereocenters. The van der Waals surface area contributed by atoms with Crippen LogP contribution in [0.15, 0.2) is 29.6 Å². The van der Waals surface area contributed by atoms with Crippen LogP contribution in [0.1, 0.15) is 42.0 Å². The third-order valence-electron chi connectivity index (χ3n) is 4.32. The summed E-state index contributed by atoms with van der Waals surface area (Å²) in [6.07, 6.45) is 4.66. The molecule has 136 valence electrons. The summed E-state index contributed by atoms with van der Waals surface area (Å²) in [4.78, 5) is 25.5. The second kappa shape index (κ2) is 7.82. The van der Waals surface area contributed by atoms with Gasteiger partial charge in [0.15, 0.2) is 0 Å². The van der Waals surface area contributed by atoms with Gasteiger partial charge in [0.25, 0.3) is 5.78 Å². The Bertz CT molecular complexity index is 924. The summed E-state index contributed by atoms with van der Waals surface area (Å²) in [6, 6.07) is 5.57. The highest BCUT2D eigenvalue weighted by Crippen LogP contribution is 2.18. The molecule has 0 radical (unpaired) electrons. The number of aryl methyl sites for hydroxylation is 2. The summed E-state index contributed by atoms with van der Waals surface area (Å²) in [7, 11) is 0. The fourth-order valence-corrected chi connectivity index (χ4v) is 3.23. The summed E-state index contributed by atoms with van der Waals surface area (Å²) >= 11 is 1.48. The minimum absolute atomic E-state index is 0.00885. The van der Waals surface area contributed by atoms with Gasteiger partial charge < -0.3 is 5.32 Å². The topological polar surface area (TPSA) is 85.1 Å². The molecule has 8 heteroatoms. The first-order valence-electron chi connectivity index (χ1n) is 8.46. The van der Waals surface area contributed by atoms with Crippen molar-refractivity contribution in [3.05, 3.63) is 47.0 Å².